The second-order valence-electron chi connectivity index (χ2n) is 13.5. The van der Waals surface area contributed by atoms with Crippen molar-refractivity contribution >= 4 is 55.6 Å². The van der Waals surface area contributed by atoms with E-state index in [1.807, 2.05) is 12.3 Å². The molecule has 1 aliphatic rings. The zero-order valence-corrected chi connectivity index (χ0v) is 31.2. The van der Waals surface area contributed by atoms with E-state index in [9.17, 15) is 9.59 Å². The molecule has 2 unspecified atom stereocenters. The molecular formula is C40H43N7O3S2. The summed E-state index contributed by atoms with van der Waals surface area (Å²) in [6.07, 6.45) is 9.26. The van der Waals surface area contributed by atoms with Crippen LogP contribution in [0.5, 0.6) is 0 Å². The van der Waals surface area contributed by atoms with E-state index < -0.39 is 6.09 Å². The number of methoxy groups -OCH3 is 1. The summed E-state index contributed by atoms with van der Waals surface area (Å²) in [6.45, 7) is 10.3. The number of rotatable bonds is 14. The first kappa shape index (κ1) is 35.2. The number of ether oxygens (including phenoxy) is 1. The molecule has 5 heterocycles. The lowest BCUT2D eigenvalue weighted by Crippen LogP contribution is -2.32. The average Bonchev–Trinajstić information content (AvgIpc) is 3.99. The molecule has 52 heavy (non-hydrogen) atoms. The number of benzene rings is 2. The number of hydrogen-bond acceptors (Lipinski definition) is 8. The lowest BCUT2D eigenvalue weighted by molar-refractivity contribution is -0.109. The normalized spacial score (nSPS) is 15.2. The van der Waals surface area contributed by atoms with E-state index in [4.69, 9.17) is 14.7 Å². The van der Waals surface area contributed by atoms with Gasteiger partial charge in [0.2, 0.25) is 6.41 Å². The van der Waals surface area contributed by atoms with E-state index in [0.717, 1.165) is 71.9 Å². The van der Waals surface area contributed by atoms with Crippen molar-refractivity contribution in [2.45, 2.75) is 45.1 Å². The predicted molar refractivity (Wildman–Crippen MR) is 211 cm³/mol. The van der Waals surface area contributed by atoms with E-state index in [1.54, 1.807) is 22.7 Å². The Morgan fingerprint density at radius 2 is 1.81 bits per heavy atom. The van der Waals surface area contributed by atoms with E-state index in [-0.39, 0.29) is 12.0 Å². The summed E-state index contributed by atoms with van der Waals surface area (Å²) < 4.78 is 7.28. The lowest BCUT2D eigenvalue weighted by atomic mass is 9.96. The van der Waals surface area contributed by atoms with Gasteiger partial charge in [-0.25, -0.2) is 14.8 Å². The number of likely N-dealkylation sites (tertiary alicyclic amines) is 1. The van der Waals surface area contributed by atoms with Gasteiger partial charge in [0.15, 0.2) is 0 Å². The predicted octanol–water partition coefficient (Wildman–Crippen LogP) is 9.00. The first-order valence-corrected chi connectivity index (χ1v) is 19.3. The summed E-state index contributed by atoms with van der Waals surface area (Å²) in [4.78, 5) is 41.3. The minimum atomic E-state index is -0.466. The van der Waals surface area contributed by atoms with Crippen molar-refractivity contribution in [2.75, 3.05) is 26.7 Å². The number of amides is 2. The number of H-pyrrole nitrogens is 2. The summed E-state index contributed by atoms with van der Waals surface area (Å²) >= 11 is 3.57. The van der Waals surface area contributed by atoms with Crippen LogP contribution in [0.1, 0.15) is 56.7 Å². The third-order valence-electron chi connectivity index (χ3n) is 9.56. The zero-order valence-electron chi connectivity index (χ0n) is 29.6. The largest absolute Gasteiger partial charge is 0.453 e. The van der Waals surface area contributed by atoms with E-state index in [1.165, 1.54) is 38.8 Å². The van der Waals surface area contributed by atoms with Crippen LogP contribution in [0, 0.1) is 5.92 Å². The Morgan fingerprint density at radius 1 is 1.08 bits per heavy atom. The Morgan fingerprint density at radius 3 is 2.54 bits per heavy atom. The maximum Gasteiger partial charge on any atom is 0.407 e. The third-order valence-corrected chi connectivity index (χ3v) is 11.7. The number of imidazole rings is 2. The summed E-state index contributed by atoms with van der Waals surface area (Å²) in [5.74, 6) is 2.50. The van der Waals surface area contributed by atoms with E-state index in [0.29, 0.717) is 19.0 Å². The Balaban J connectivity index is 1.07. The Hall–Kier alpha value is -5.20. The first-order valence-electron chi connectivity index (χ1n) is 17.6. The molecule has 0 spiro atoms. The molecule has 6 aromatic rings. The van der Waals surface area contributed by atoms with Gasteiger partial charge in [-0.3, -0.25) is 4.79 Å². The fourth-order valence-corrected chi connectivity index (χ4v) is 9.45. The monoisotopic (exact) mass is 733 g/mol. The van der Waals surface area contributed by atoms with E-state index >= 15 is 0 Å². The SMILES string of the molecule is C=C(CNC(=O)OC)N1CCCC1c1ncc(-c2ccc(-c3csc4c(-c5ccc6nc(C(/C=C\CNC=O)CC(C)C)[nH]c6c5)csc34)cc2)[nH]1. The van der Waals surface area contributed by atoms with Crippen molar-refractivity contribution < 1.29 is 14.3 Å². The Kier molecular flexibility index (Phi) is 10.6. The van der Waals surface area contributed by atoms with Crippen LogP contribution < -0.4 is 10.6 Å². The number of allylic oxidation sites excluding steroid dienone is 1. The lowest BCUT2D eigenvalue weighted by Gasteiger charge is -2.27. The molecule has 0 saturated carbocycles. The van der Waals surface area contributed by atoms with Crippen LogP contribution in [-0.4, -0.2) is 64.1 Å². The van der Waals surface area contributed by atoms with Gasteiger partial charge >= 0.3 is 6.09 Å². The van der Waals surface area contributed by atoms with Crippen molar-refractivity contribution in [3.05, 3.63) is 95.5 Å². The van der Waals surface area contributed by atoms with Gasteiger partial charge < -0.3 is 30.2 Å². The number of hydrogen-bond donors (Lipinski definition) is 4. The van der Waals surface area contributed by atoms with Gasteiger partial charge in [-0.05, 0) is 54.0 Å². The molecule has 2 amide bonds. The van der Waals surface area contributed by atoms with Gasteiger partial charge in [0, 0.05) is 46.6 Å². The van der Waals surface area contributed by atoms with Crippen LogP contribution in [0.2, 0.25) is 0 Å². The minimum absolute atomic E-state index is 0.0877. The maximum absolute atomic E-state index is 11.6. The highest BCUT2D eigenvalue weighted by atomic mass is 32.1. The average molecular weight is 734 g/mol. The minimum Gasteiger partial charge on any atom is -0.453 e. The maximum atomic E-state index is 11.6. The van der Waals surface area contributed by atoms with Crippen LogP contribution in [-0.2, 0) is 9.53 Å². The first-order chi connectivity index (χ1) is 25.3. The van der Waals surface area contributed by atoms with Crippen molar-refractivity contribution in [2.24, 2.45) is 5.92 Å². The van der Waals surface area contributed by atoms with Gasteiger partial charge in [0.05, 0.1) is 52.0 Å². The molecule has 7 rings (SSSR count). The molecule has 1 fully saturated rings. The summed E-state index contributed by atoms with van der Waals surface area (Å²) in [5.41, 5.74) is 9.69. The second kappa shape index (κ2) is 15.6. The quantitative estimate of drug-likeness (QED) is 0.0503. The van der Waals surface area contributed by atoms with Crippen molar-refractivity contribution in [3.8, 4) is 33.5 Å². The third kappa shape index (κ3) is 7.40. The second-order valence-corrected chi connectivity index (χ2v) is 15.3. The molecule has 12 heteroatoms. The molecule has 1 saturated heterocycles. The molecule has 0 bridgehead atoms. The number of carbonyl (C=O) groups excluding carboxylic acids is 2. The topological polar surface area (TPSA) is 128 Å². The number of fused-ring (bicyclic) bond motifs is 2. The number of thiophene rings is 2. The Labute approximate surface area is 311 Å². The van der Waals surface area contributed by atoms with Crippen LogP contribution >= 0.6 is 22.7 Å². The molecule has 1 aliphatic heterocycles. The number of carbonyl (C=O) groups is 2. The summed E-state index contributed by atoms with van der Waals surface area (Å²) in [7, 11) is 1.36. The van der Waals surface area contributed by atoms with Crippen LogP contribution in [0.15, 0.2) is 83.8 Å². The molecule has 2 atom stereocenters. The number of alkyl carbamates (subject to hydrolysis) is 1. The zero-order chi connectivity index (χ0) is 36.2. The number of nitrogens with one attached hydrogen (secondary N) is 4. The van der Waals surface area contributed by atoms with Crippen molar-refractivity contribution in [1.29, 1.82) is 0 Å². The molecular weight excluding hydrogens is 691 g/mol. The van der Waals surface area contributed by atoms with Gasteiger partial charge in [0.25, 0.3) is 0 Å². The van der Waals surface area contributed by atoms with Gasteiger partial charge in [-0.15, -0.1) is 22.7 Å². The molecule has 268 valence electrons. The molecule has 0 aliphatic carbocycles. The van der Waals surface area contributed by atoms with Gasteiger partial charge in [-0.2, -0.15) is 0 Å². The van der Waals surface area contributed by atoms with Crippen LogP contribution in [0.4, 0.5) is 4.79 Å². The molecule has 0 radical (unpaired) electrons. The molecule has 4 N–H and O–H groups in total. The smallest absolute Gasteiger partial charge is 0.407 e. The molecule has 10 nitrogen and oxygen atoms in total. The van der Waals surface area contributed by atoms with E-state index in [2.05, 4.69) is 105 Å². The van der Waals surface area contributed by atoms with Crippen molar-refractivity contribution in [1.82, 2.24) is 35.5 Å². The van der Waals surface area contributed by atoms with Gasteiger partial charge in [0.1, 0.15) is 11.6 Å². The van der Waals surface area contributed by atoms with Crippen molar-refractivity contribution in [3.63, 3.8) is 0 Å². The fraction of sp³-hybridized carbons (Fsp3) is 0.300. The number of nitrogens with zero attached hydrogens (tertiary/aromatic N) is 3. The number of aromatic nitrogens is 4. The highest BCUT2D eigenvalue weighted by Crippen LogP contribution is 2.45. The highest BCUT2D eigenvalue weighted by Gasteiger charge is 2.29. The molecule has 4 aromatic heterocycles. The standard InChI is InChI=1S/C40H43N7O3S2/c1-24(2)17-29(7-5-15-41-23-48)38-44-32-14-13-28(18-33(32)45-38)31-22-52-36-30(21-51-37(31)36)26-9-11-27(12-10-26)34-20-42-39(46-34)35-8-6-16-47(35)25(3)19-43-40(49)50-4/h5,7,9-14,18,20-24,29,35H,3,6,8,15-17,19H2,1-2,4H3,(H,41,48)(H,42,46)(H,43,49)(H,44,45)/b7-5-. The molecule has 2 aromatic carbocycles. The number of aromatic amines is 2. The Bertz CT molecular complexity index is 2230. The van der Waals surface area contributed by atoms with Crippen LogP contribution in [0.3, 0.4) is 0 Å². The summed E-state index contributed by atoms with van der Waals surface area (Å²) in [6, 6.07) is 15.3. The fourth-order valence-electron chi connectivity index (χ4n) is 6.99. The highest BCUT2D eigenvalue weighted by molar-refractivity contribution is 7.27. The van der Waals surface area contributed by atoms with Crippen LogP contribution in [0.25, 0.3) is 53.9 Å². The van der Waals surface area contributed by atoms with Gasteiger partial charge in [-0.1, -0.05) is 62.9 Å². The summed E-state index contributed by atoms with van der Waals surface area (Å²) in [5, 5.41) is 9.95.